The molecule has 0 fully saturated rings. The van der Waals surface area contributed by atoms with Crippen LogP contribution < -0.4 is 5.73 Å². The van der Waals surface area contributed by atoms with Crippen molar-refractivity contribution in [3.63, 3.8) is 0 Å². The van der Waals surface area contributed by atoms with Gasteiger partial charge in [0.15, 0.2) is 0 Å². The number of halogens is 1. The lowest BCUT2D eigenvalue weighted by Crippen LogP contribution is -2.44. The van der Waals surface area contributed by atoms with Crippen LogP contribution in [0, 0.1) is 0 Å². The molecule has 4 heteroatoms. The van der Waals surface area contributed by atoms with Crippen LogP contribution in [0.5, 0.6) is 0 Å². The van der Waals surface area contributed by atoms with Gasteiger partial charge in [0.2, 0.25) is 0 Å². The van der Waals surface area contributed by atoms with Gasteiger partial charge in [0.05, 0.1) is 18.8 Å². The summed E-state index contributed by atoms with van der Waals surface area (Å²) >= 11 is 5.86. The van der Waals surface area contributed by atoms with Crippen molar-refractivity contribution >= 4 is 11.6 Å². The Balaban J connectivity index is 3.12. The second-order valence-corrected chi connectivity index (χ2v) is 3.36. The van der Waals surface area contributed by atoms with Crippen LogP contribution in [0.1, 0.15) is 5.56 Å². The fourth-order valence-corrected chi connectivity index (χ4v) is 1.41. The maximum atomic E-state index is 9.02. The second kappa shape index (κ2) is 4.07. The van der Waals surface area contributed by atoms with E-state index >= 15 is 0 Å². The van der Waals surface area contributed by atoms with Gasteiger partial charge in [-0.25, -0.2) is 0 Å². The van der Waals surface area contributed by atoms with E-state index in [1.807, 2.05) is 0 Å². The summed E-state index contributed by atoms with van der Waals surface area (Å²) in [5.74, 6) is 0. The average molecular weight is 202 g/mol. The third-order valence-electron chi connectivity index (χ3n) is 1.97. The SMILES string of the molecule is NC(CO)(CO)c1ccccc1Cl. The monoisotopic (exact) mass is 201 g/mol. The molecule has 0 aliphatic carbocycles. The first kappa shape index (κ1) is 10.5. The van der Waals surface area contributed by atoms with Crippen molar-refractivity contribution < 1.29 is 10.2 Å². The van der Waals surface area contributed by atoms with Gasteiger partial charge >= 0.3 is 0 Å². The summed E-state index contributed by atoms with van der Waals surface area (Å²) in [7, 11) is 0. The van der Waals surface area contributed by atoms with Gasteiger partial charge in [-0.1, -0.05) is 29.8 Å². The standard InChI is InChI=1S/C9H12ClNO2/c10-8-4-2-1-3-7(8)9(11,5-12)6-13/h1-4,12-13H,5-6,11H2. The molecule has 0 aromatic heterocycles. The molecular formula is C9H12ClNO2. The highest BCUT2D eigenvalue weighted by molar-refractivity contribution is 6.31. The fraction of sp³-hybridized carbons (Fsp3) is 0.333. The summed E-state index contributed by atoms with van der Waals surface area (Å²) in [6, 6.07) is 6.88. The Labute approximate surface area is 81.8 Å². The van der Waals surface area contributed by atoms with E-state index in [9.17, 15) is 0 Å². The Morgan fingerprint density at radius 3 is 2.23 bits per heavy atom. The van der Waals surface area contributed by atoms with E-state index in [0.29, 0.717) is 10.6 Å². The van der Waals surface area contributed by atoms with Gasteiger partial charge < -0.3 is 15.9 Å². The third-order valence-corrected chi connectivity index (χ3v) is 2.30. The number of aliphatic hydroxyl groups excluding tert-OH is 2. The first-order valence-electron chi connectivity index (χ1n) is 3.89. The molecular weight excluding hydrogens is 190 g/mol. The van der Waals surface area contributed by atoms with E-state index in [1.165, 1.54) is 0 Å². The molecule has 0 saturated carbocycles. The van der Waals surface area contributed by atoms with E-state index < -0.39 is 5.54 Å². The van der Waals surface area contributed by atoms with E-state index in [2.05, 4.69) is 0 Å². The lowest BCUT2D eigenvalue weighted by atomic mass is 9.93. The summed E-state index contributed by atoms with van der Waals surface area (Å²) in [5, 5.41) is 18.5. The maximum Gasteiger partial charge on any atom is 0.0892 e. The molecule has 1 rings (SSSR count). The molecule has 0 unspecified atom stereocenters. The summed E-state index contributed by atoms with van der Waals surface area (Å²) in [5.41, 5.74) is 5.14. The first-order valence-corrected chi connectivity index (χ1v) is 4.27. The Morgan fingerprint density at radius 1 is 1.23 bits per heavy atom. The molecule has 0 atom stereocenters. The quantitative estimate of drug-likeness (QED) is 0.667. The molecule has 0 amide bonds. The predicted octanol–water partition coefficient (Wildman–Crippen LogP) is 0.479. The highest BCUT2D eigenvalue weighted by Gasteiger charge is 2.27. The molecule has 0 spiro atoms. The average Bonchev–Trinajstić information content (AvgIpc) is 2.17. The minimum absolute atomic E-state index is 0.340. The fourth-order valence-electron chi connectivity index (χ4n) is 1.09. The zero-order chi connectivity index (χ0) is 9.90. The van der Waals surface area contributed by atoms with Crippen molar-refractivity contribution in [2.75, 3.05) is 13.2 Å². The molecule has 0 aliphatic rings. The predicted molar refractivity (Wildman–Crippen MR) is 51.5 cm³/mol. The summed E-state index contributed by atoms with van der Waals surface area (Å²) < 4.78 is 0. The van der Waals surface area contributed by atoms with Crippen LogP contribution in [-0.2, 0) is 5.54 Å². The van der Waals surface area contributed by atoms with E-state index in [4.69, 9.17) is 27.5 Å². The van der Waals surface area contributed by atoms with Crippen LogP contribution in [0.25, 0.3) is 0 Å². The van der Waals surface area contributed by atoms with Gasteiger partial charge in [0.1, 0.15) is 0 Å². The molecule has 1 aromatic rings. The molecule has 0 aliphatic heterocycles. The number of hydrogen-bond acceptors (Lipinski definition) is 3. The Hall–Kier alpha value is -0.610. The van der Waals surface area contributed by atoms with Crippen LogP contribution in [-0.4, -0.2) is 23.4 Å². The molecule has 4 N–H and O–H groups in total. The van der Waals surface area contributed by atoms with Crippen molar-refractivity contribution in [2.24, 2.45) is 5.73 Å². The minimum Gasteiger partial charge on any atom is -0.394 e. The Morgan fingerprint density at radius 2 is 1.77 bits per heavy atom. The molecule has 0 heterocycles. The van der Waals surface area contributed by atoms with Crippen LogP contribution >= 0.6 is 11.6 Å². The van der Waals surface area contributed by atoms with Gasteiger partial charge in [0.25, 0.3) is 0 Å². The zero-order valence-electron chi connectivity index (χ0n) is 7.07. The number of hydrogen-bond donors (Lipinski definition) is 3. The third kappa shape index (κ3) is 2.00. The van der Waals surface area contributed by atoms with Crippen molar-refractivity contribution in [1.29, 1.82) is 0 Å². The Bertz CT molecular complexity index is 287. The topological polar surface area (TPSA) is 66.5 Å². The maximum absolute atomic E-state index is 9.02. The minimum atomic E-state index is -1.15. The Kier molecular flexibility index (Phi) is 3.27. The molecule has 1 aromatic carbocycles. The summed E-state index contributed by atoms with van der Waals surface area (Å²) in [4.78, 5) is 0. The normalized spacial score (nSPS) is 11.7. The van der Waals surface area contributed by atoms with Gasteiger partial charge in [0, 0.05) is 5.02 Å². The van der Waals surface area contributed by atoms with E-state index in [0.717, 1.165) is 0 Å². The molecule has 13 heavy (non-hydrogen) atoms. The van der Waals surface area contributed by atoms with Crippen molar-refractivity contribution in [3.8, 4) is 0 Å². The van der Waals surface area contributed by atoms with Gasteiger partial charge in [-0.15, -0.1) is 0 Å². The van der Waals surface area contributed by atoms with Crippen LogP contribution in [0.4, 0.5) is 0 Å². The summed E-state index contributed by atoms with van der Waals surface area (Å²) in [6.45, 7) is -0.680. The lowest BCUT2D eigenvalue weighted by Gasteiger charge is -2.25. The van der Waals surface area contributed by atoms with E-state index in [-0.39, 0.29) is 13.2 Å². The molecule has 3 nitrogen and oxygen atoms in total. The molecule has 72 valence electrons. The van der Waals surface area contributed by atoms with Crippen molar-refractivity contribution in [3.05, 3.63) is 34.9 Å². The molecule has 0 saturated heterocycles. The van der Waals surface area contributed by atoms with Crippen LogP contribution in [0.3, 0.4) is 0 Å². The number of nitrogens with two attached hydrogens (primary N) is 1. The number of benzene rings is 1. The number of aliphatic hydroxyl groups is 2. The zero-order valence-corrected chi connectivity index (χ0v) is 7.83. The van der Waals surface area contributed by atoms with Crippen LogP contribution in [0.2, 0.25) is 5.02 Å². The molecule has 0 bridgehead atoms. The van der Waals surface area contributed by atoms with Gasteiger partial charge in [-0.3, -0.25) is 0 Å². The highest BCUT2D eigenvalue weighted by Crippen LogP contribution is 2.25. The lowest BCUT2D eigenvalue weighted by molar-refractivity contribution is 0.121. The summed E-state index contributed by atoms with van der Waals surface area (Å²) in [6.07, 6.45) is 0. The number of rotatable bonds is 3. The van der Waals surface area contributed by atoms with E-state index in [1.54, 1.807) is 24.3 Å². The largest absolute Gasteiger partial charge is 0.394 e. The highest BCUT2D eigenvalue weighted by atomic mass is 35.5. The first-order chi connectivity index (χ1) is 6.14. The van der Waals surface area contributed by atoms with Crippen molar-refractivity contribution in [1.82, 2.24) is 0 Å². The second-order valence-electron chi connectivity index (χ2n) is 2.95. The van der Waals surface area contributed by atoms with Gasteiger partial charge in [-0.05, 0) is 11.6 Å². The smallest absolute Gasteiger partial charge is 0.0892 e. The van der Waals surface area contributed by atoms with Crippen molar-refractivity contribution in [2.45, 2.75) is 5.54 Å². The molecule has 0 radical (unpaired) electrons. The van der Waals surface area contributed by atoms with Gasteiger partial charge in [-0.2, -0.15) is 0 Å². The van der Waals surface area contributed by atoms with Crippen LogP contribution in [0.15, 0.2) is 24.3 Å².